The number of halogens is 3. The smallest absolute Gasteiger partial charge is 0.198 e. The van der Waals surface area contributed by atoms with Gasteiger partial charge in [0.25, 0.3) is 0 Å². The SMILES string of the molecule is COc1ccc(Cl)cc1C(=O)c1cc(F)ccc1Br. The molecule has 0 aliphatic heterocycles. The van der Waals surface area contributed by atoms with Crippen LogP contribution in [0.25, 0.3) is 0 Å². The van der Waals surface area contributed by atoms with E-state index in [0.717, 1.165) is 0 Å². The fourth-order valence-corrected chi connectivity index (χ4v) is 2.27. The molecule has 0 aromatic heterocycles. The van der Waals surface area contributed by atoms with Gasteiger partial charge in [-0.15, -0.1) is 0 Å². The third-order valence-electron chi connectivity index (χ3n) is 2.58. The number of hydrogen-bond acceptors (Lipinski definition) is 2. The van der Waals surface area contributed by atoms with Gasteiger partial charge in [0.2, 0.25) is 0 Å². The van der Waals surface area contributed by atoms with Crippen molar-refractivity contribution in [3.8, 4) is 5.75 Å². The first-order chi connectivity index (χ1) is 9.02. The fourth-order valence-electron chi connectivity index (χ4n) is 1.67. The number of hydrogen-bond donors (Lipinski definition) is 0. The second kappa shape index (κ2) is 5.72. The summed E-state index contributed by atoms with van der Waals surface area (Å²) >= 11 is 9.11. The van der Waals surface area contributed by atoms with Crippen LogP contribution in [-0.2, 0) is 0 Å². The van der Waals surface area contributed by atoms with E-state index in [0.29, 0.717) is 20.8 Å². The molecule has 0 saturated heterocycles. The first kappa shape index (κ1) is 14.0. The van der Waals surface area contributed by atoms with Gasteiger partial charge in [-0.25, -0.2) is 4.39 Å². The van der Waals surface area contributed by atoms with Crippen LogP contribution in [0.4, 0.5) is 4.39 Å². The molecule has 0 bridgehead atoms. The van der Waals surface area contributed by atoms with E-state index in [4.69, 9.17) is 16.3 Å². The van der Waals surface area contributed by atoms with Gasteiger partial charge in [0.15, 0.2) is 5.78 Å². The van der Waals surface area contributed by atoms with Gasteiger partial charge in [0.05, 0.1) is 12.7 Å². The lowest BCUT2D eigenvalue weighted by Crippen LogP contribution is -2.05. The van der Waals surface area contributed by atoms with Crippen LogP contribution in [0.3, 0.4) is 0 Å². The third kappa shape index (κ3) is 2.96. The van der Waals surface area contributed by atoms with Crippen molar-refractivity contribution in [2.45, 2.75) is 0 Å². The van der Waals surface area contributed by atoms with E-state index < -0.39 is 5.82 Å². The lowest BCUT2D eigenvalue weighted by Gasteiger charge is -2.09. The number of ether oxygens (including phenoxy) is 1. The number of carbonyl (C=O) groups excluding carboxylic acids is 1. The predicted molar refractivity (Wildman–Crippen MR) is 75.5 cm³/mol. The molecule has 0 fully saturated rings. The fraction of sp³-hybridized carbons (Fsp3) is 0.0714. The average Bonchev–Trinajstić information content (AvgIpc) is 2.40. The number of rotatable bonds is 3. The third-order valence-corrected chi connectivity index (χ3v) is 3.51. The quantitative estimate of drug-likeness (QED) is 0.768. The van der Waals surface area contributed by atoms with Crippen LogP contribution >= 0.6 is 27.5 Å². The van der Waals surface area contributed by atoms with Crippen LogP contribution in [-0.4, -0.2) is 12.9 Å². The van der Waals surface area contributed by atoms with E-state index in [9.17, 15) is 9.18 Å². The zero-order valence-corrected chi connectivity index (χ0v) is 12.3. The maximum atomic E-state index is 13.3. The molecule has 0 aliphatic carbocycles. The van der Waals surface area contributed by atoms with Crippen molar-refractivity contribution in [2.24, 2.45) is 0 Å². The number of methoxy groups -OCH3 is 1. The molecule has 2 rings (SSSR count). The minimum Gasteiger partial charge on any atom is -0.496 e. The monoisotopic (exact) mass is 342 g/mol. The standard InChI is InChI=1S/C14H9BrClFO2/c1-19-13-5-2-8(16)6-11(13)14(18)10-7-9(17)3-4-12(10)15/h2-7H,1H3. The predicted octanol–water partition coefficient (Wildman–Crippen LogP) is 4.48. The molecule has 19 heavy (non-hydrogen) atoms. The van der Waals surface area contributed by atoms with Crippen LogP contribution < -0.4 is 4.74 Å². The Morgan fingerprint density at radius 1 is 1.21 bits per heavy atom. The summed E-state index contributed by atoms with van der Waals surface area (Å²) in [4.78, 5) is 12.4. The molecule has 2 aromatic rings. The van der Waals surface area contributed by atoms with Gasteiger partial charge >= 0.3 is 0 Å². The Labute approximate surface area is 123 Å². The van der Waals surface area contributed by atoms with Crippen LogP contribution in [0.2, 0.25) is 5.02 Å². The summed E-state index contributed by atoms with van der Waals surface area (Å²) in [6.07, 6.45) is 0. The topological polar surface area (TPSA) is 26.3 Å². The molecule has 0 amide bonds. The molecule has 5 heteroatoms. The lowest BCUT2D eigenvalue weighted by atomic mass is 10.0. The molecule has 0 atom stereocenters. The second-order valence-electron chi connectivity index (χ2n) is 3.80. The Morgan fingerprint density at radius 3 is 2.63 bits per heavy atom. The van der Waals surface area contributed by atoms with Crippen molar-refractivity contribution in [1.82, 2.24) is 0 Å². The van der Waals surface area contributed by atoms with E-state index in [-0.39, 0.29) is 11.3 Å². The molecule has 2 nitrogen and oxygen atoms in total. The van der Waals surface area contributed by atoms with Crippen LogP contribution in [0, 0.1) is 5.82 Å². The molecular formula is C14H9BrClFO2. The van der Waals surface area contributed by atoms with E-state index >= 15 is 0 Å². The zero-order chi connectivity index (χ0) is 14.0. The first-order valence-corrected chi connectivity index (χ1v) is 6.53. The van der Waals surface area contributed by atoms with Gasteiger partial charge in [0, 0.05) is 15.1 Å². The van der Waals surface area contributed by atoms with Crippen molar-refractivity contribution in [1.29, 1.82) is 0 Å². The molecule has 0 radical (unpaired) electrons. The highest BCUT2D eigenvalue weighted by Gasteiger charge is 2.18. The normalized spacial score (nSPS) is 10.3. The molecule has 0 spiro atoms. The van der Waals surface area contributed by atoms with Crippen LogP contribution in [0.1, 0.15) is 15.9 Å². The molecule has 2 aromatic carbocycles. The minimum absolute atomic E-state index is 0.223. The summed E-state index contributed by atoms with van der Waals surface area (Å²) in [5.41, 5.74) is 0.516. The van der Waals surface area contributed by atoms with Crippen molar-refractivity contribution in [3.63, 3.8) is 0 Å². The Kier molecular flexibility index (Phi) is 4.22. The molecule has 98 valence electrons. The van der Waals surface area contributed by atoms with Crippen LogP contribution in [0.5, 0.6) is 5.75 Å². The maximum absolute atomic E-state index is 13.3. The Hall–Kier alpha value is -1.39. The van der Waals surface area contributed by atoms with Crippen molar-refractivity contribution < 1.29 is 13.9 Å². The summed E-state index contributed by atoms with van der Waals surface area (Å²) in [6, 6.07) is 8.66. The number of carbonyl (C=O) groups is 1. The first-order valence-electron chi connectivity index (χ1n) is 5.36. The van der Waals surface area contributed by atoms with Gasteiger partial charge < -0.3 is 4.74 Å². The summed E-state index contributed by atoms with van der Waals surface area (Å²) in [5.74, 6) is -0.441. The highest BCUT2D eigenvalue weighted by Crippen LogP contribution is 2.28. The highest BCUT2D eigenvalue weighted by molar-refractivity contribution is 9.10. The molecule has 0 N–H and O–H groups in total. The molecule has 0 aliphatic rings. The highest BCUT2D eigenvalue weighted by atomic mass is 79.9. The van der Waals surface area contributed by atoms with Crippen molar-refractivity contribution >= 4 is 33.3 Å². The molecule has 0 heterocycles. The zero-order valence-electron chi connectivity index (χ0n) is 9.91. The Balaban J connectivity index is 2.55. The van der Waals surface area contributed by atoms with Gasteiger partial charge in [0.1, 0.15) is 11.6 Å². The van der Waals surface area contributed by atoms with Gasteiger partial charge in [-0.2, -0.15) is 0 Å². The summed E-state index contributed by atoms with van der Waals surface area (Å²) in [6.45, 7) is 0. The Morgan fingerprint density at radius 2 is 1.95 bits per heavy atom. The Bertz CT molecular complexity index is 643. The van der Waals surface area contributed by atoms with Crippen molar-refractivity contribution in [3.05, 3.63) is 62.8 Å². The van der Waals surface area contributed by atoms with E-state index in [2.05, 4.69) is 15.9 Å². The van der Waals surface area contributed by atoms with E-state index in [1.807, 2.05) is 0 Å². The van der Waals surface area contributed by atoms with Crippen molar-refractivity contribution in [2.75, 3.05) is 7.11 Å². The van der Waals surface area contributed by atoms with Gasteiger partial charge in [-0.05, 0) is 36.4 Å². The maximum Gasteiger partial charge on any atom is 0.198 e. The minimum atomic E-state index is -0.479. The van der Waals surface area contributed by atoms with Gasteiger partial charge in [-0.1, -0.05) is 27.5 Å². The van der Waals surface area contributed by atoms with E-state index in [1.54, 1.807) is 12.1 Å². The summed E-state index contributed by atoms with van der Waals surface area (Å²) in [7, 11) is 1.46. The molecule has 0 unspecified atom stereocenters. The molecule has 0 saturated carbocycles. The summed E-state index contributed by atoms with van der Waals surface area (Å²) in [5, 5.41) is 0.414. The van der Waals surface area contributed by atoms with Gasteiger partial charge in [-0.3, -0.25) is 4.79 Å². The average molecular weight is 344 g/mol. The van der Waals surface area contributed by atoms with E-state index in [1.165, 1.54) is 31.4 Å². The summed E-state index contributed by atoms with van der Waals surface area (Å²) < 4.78 is 18.9. The molecular weight excluding hydrogens is 335 g/mol. The largest absolute Gasteiger partial charge is 0.496 e. The van der Waals surface area contributed by atoms with Crippen LogP contribution in [0.15, 0.2) is 40.9 Å². The number of ketones is 1. The lowest BCUT2D eigenvalue weighted by molar-refractivity contribution is 0.103. The number of benzene rings is 2. The second-order valence-corrected chi connectivity index (χ2v) is 5.09.